The summed E-state index contributed by atoms with van der Waals surface area (Å²) in [5, 5.41) is 5.43. The summed E-state index contributed by atoms with van der Waals surface area (Å²) in [5.41, 5.74) is 2.34. The molecule has 1 aliphatic rings. The molecule has 0 unspecified atom stereocenters. The Kier molecular flexibility index (Phi) is 7.65. The standard InChI is InChI=1S/C24H29N3O4/c1-17(2)31-21-11-5-18(6-12-21)13-14-25-22(28)16-26-24(30)19-7-9-20(10-8-19)27-15-3-4-23(27)29/h5-12,17H,3-4,13-16H2,1-2H3,(H,25,28)(H,26,30). The Morgan fingerprint density at radius 2 is 1.74 bits per heavy atom. The van der Waals surface area contributed by atoms with Gasteiger partial charge in [0.1, 0.15) is 5.75 Å². The van der Waals surface area contributed by atoms with Gasteiger partial charge in [-0.15, -0.1) is 0 Å². The molecular formula is C24H29N3O4. The molecule has 7 heteroatoms. The number of nitrogens with one attached hydrogen (secondary N) is 2. The Bertz CT molecular complexity index is 907. The zero-order valence-corrected chi connectivity index (χ0v) is 18.0. The summed E-state index contributed by atoms with van der Waals surface area (Å²) in [5.74, 6) is 0.363. The minimum absolute atomic E-state index is 0.0909. The Hall–Kier alpha value is -3.35. The van der Waals surface area contributed by atoms with Crippen molar-refractivity contribution in [3.05, 3.63) is 59.7 Å². The van der Waals surface area contributed by atoms with Crippen LogP contribution in [-0.2, 0) is 16.0 Å². The predicted octanol–water partition coefficient (Wildman–Crippen LogP) is 2.69. The Labute approximate surface area is 182 Å². The number of carbonyl (C=O) groups excluding carboxylic acids is 3. The van der Waals surface area contributed by atoms with Crippen molar-refractivity contribution in [3.8, 4) is 5.75 Å². The molecular weight excluding hydrogens is 394 g/mol. The highest BCUT2D eigenvalue weighted by atomic mass is 16.5. The minimum Gasteiger partial charge on any atom is -0.491 e. The number of hydrogen-bond acceptors (Lipinski definition) is 4. The Morgan fingerprint density at radius 1 is 1.03 bits per heavy atom. The van der Waals surface area contributed by atoms with Gasteiger partial charge in [-0.3, -0.25) is 14.4 Å². The SMILES string of the molecule is CC(C)Oc1ccc(CCNC(=O)CNC(=O)c2ccc(N3CCCC3=O)cc2)cc1. The summed E-state index contributed by atoms with van der Waals surface area (Å²) in [6.07, 6.45) is 2.24. The highest BCUT2D eigenvalue weighted by Crippen LogP contribution is 2.21. The fourth-order valence-electron chi connectivity index (χ4n) is 3.39. The molecule has 3 rings (SSSR count). The van der Waals surface area contributed by atoms with Gasteiger partial charge in [0.05, 0.1) is 12.6 Å². The number of hydrogen-bond donors (Lipinski definition) is 2. The van der Waals surface area contributed by atoms with Crippen LogP contribution < -0.4 is 20.3 Å². The van der Waals surface area contributed by atoms with Crippen molar-refractivity contribution < 1.29 is 19.1 Å². The third-order valence-corrected chi connectivity index (χ3v) is 4.96. The molecule has 2 aromatic carbocycles. The van der Waals surface area contributed by atoms with E-state index < -0.39 is 0 Å². The number of ether oxygens (including phenoxy) is 1. The van der Waals surface area contributed by atoms with Crippen molar-refractivity contribution in [2.75, 3.05) is 24.5 Å². The molecule has 1 aliphatic heterocycles. The van der Waals surface area contributed by atoms with Crippen LogP contribution in [0.15, 0.2) is 48.5 Å². The molecule has 0 atom stereocenters. The summed E-state index contributed by atoms with van der Waals surface area (Å²) in [6, 6.07) is 14.6. The maximum Gasteiger partial charge on any atom is 0.251 e. The molecule has 31 heavy (non-hydrogen) atoms. The zero-order chi connectivity index (χ0) is 22.2. The number of carbonyl (C=O) groups is 3. The number of nitrogens with zero attached hydrogens (tertiary/aromatic N) is 1. The van der Waals surface area contributed by atoms with Crippen LogP contribution in [0.25, 0.3) is 0 Å². The van der Waals surface area contributed by atoms with Crippen molar-refractivity contribution in [2.45, 2.75) is 39.2 Å². The van der Waals surface area contributed by atoms with E-state index in [-0.39, 0.29) is 30.4 Å². The van der Waals surface area contributed by atoms with Crippen LogP contribution in [0.4, 0.5) is 5.69 Å². The molecule has 0 radical (unpaired) electrons. The topological polar surface area (TPSA) is 87.7 Å². The number of benzene rings is 2. The summed E-state index contributed by atoms with van der Waals surface area (Å²) in [4.78, 5) is 37.8. The van der Waals surface area contributed by atoms with E-state index in [1.165, 1.54) is 0 Å². The van der Waals surface area contributed by atoms with Crippen LogP contribution in [0.2, 0.25) is 0 Å². The van der Waals surface area contributed by atoms with Gasteiger partial charge in [0.15, 0.2) is 0 Å². The minimum atomic E-state index is -0.324. The molecule has 164 valence electrons. The van der Waals surface area contributed by atoms with Crippen molar-refractivity contribution in [1.29, 1.82) is 0 Å². The van der Waals surface area contributed by atoms with E-state index >= 15 is 0 Å². The van der Waals surface area contributed by atoms with Crippen LogP contribution in [0.5, 0.6) is 5.75 Å². The highest BCUT2D eigenvalue weighted by molar-refractivity contribution is 5.98. The van der Waals surface area contributed by atoms with Gasteiger partial charge in [-0.25, -0.2) is 0 Å². The molecule has 3 amide bonds. The van der Waals surface area contributed by atoms with Gasteiger partial charge < -0.3 is 20.3 Å². The second kappa shape index (κ2) is 10.6. The third kappa shape index (κ3) is 6.57. The highest BCUT2D eigenvalue weighted by Gasteiger charge is 2.21. The Balaban J connectivity index is 1.38. The van der Waals surface area contributed by atoms with Crippen molar-refractivity contribution >= 4 is 23.4 Å². The number of amides is 3. The predicted molar refractivity (Wildman–Crippen MR) is 119 cm³/mol. The first-order valence-corrected chi connectivity index (χ1v) is 10.6. The smallest absolute Gasteiger partial charge is 0.251 e. The van der Waals surface area contributed by atoms with E-state index in [4.69, 9.17) is 4.74 Å². The van der Waals surface area contributed by atoms with Crippen molar-refractivity contribution in [3.63, 3.8) is 0 Å². The first-order valence-electron chi connectivity index (χ1n) is 10.6. The van der Waals surface area contributed by atoms with Crippen LogP contribution in [0.1, 0.15) is 42.6 Å². The van der Waals surface area contributed by atoms with E-state index in [0.29, 0.717) is 31.5 Å². The lowest BCUT2D eigenvalue weighted by atomic mass is 10.1. The summed E-state index contributed by atoms with van der Waals surface area (Å²) in [6.45, 7) is 5.06. The molecule has 0 spiro atoms. The van der Waals surface area contributed by atoms with Gasteiger partial charge in [-0.2, -0.15) is 0 Å². The first-order chi connectivity index (χ1) is 14.9. The number of anilines is 1. The average Bonchev–Trinajstić information content (AvgIpc) is 3.19. The molecule has 1 fully saturated rings. The molecule has 0 aromatic heterocycles. The third-order valence-electron chi connectivity index (χ3n) is 4.96. The summed E-state index contributed by atoms with van der Waals surface area (Å²) in [7, 11) is 0. The van der Waals surface area contributed by atoms with E-state index in [1.807, 2.05) is 38.1 Å². The molecule has 2 aromatic rings. The monoisotopic (exact) mass is 423 g/mol. The normalized spacial score (nSPS) is 13.4. The van der Waals surface area contributed by atoms with Gasteiger partial charge in [-0.1, -0.05) is 12.1 Å². The van der Waals surface area contributed by atoms with Crippen LogP contribution in [-0.4, -0.2) is 43.5 Å². The van der Waals surface area contributed by atoms with Gasteiger partial charge in [-0.05, 0) is 68.7 Å². The Morgan fingerprint density at radius 3 is 2.35 bits per heavy atom. The van der Waals surface area contributed by atoms with Crippen LogP contribution in [0.3, 0.4) is 0 Å². The second-order valence-electron chi connectivity index (χ2n) is 7.79. The summed E-state index contributed by atoms with van der Waals surface area (Å²) < 4.78 is 5.61. The van der Waals surface area contributed by atoms with Gasteiger partial charge in [0, 0.05) is 30.8 Å². The van der Waals surface area contributed by atoms with Crippen LogP contribution >= 0.6 is 0 Å². The van der Waals surface area contributed by atoms with E-state index in [2.05, 4.69) is 10.6 Å². The molecule has 0 saturated carbocycles. The maximum absolute atomic E-state index is 12.3. The van der Waals surface area contributed by atoms with Gasteiger partial charge in [0.2, 0.25) is 11.8 Å². The molecule has 1 saturated heterocycles. The van der Waals surface area contributed by atoms with E-state index in [0.717, 1.165) is 23.4 Å². The van der Waals surface area contributed by atoms with Crippen LogP contribution in [0, 0.1) is 0 Å². The molecule has 1 heterocycles. The fourth-order valence-corrected chi connectivity index (χ4v) is 3.39. The van der Waals surface area contributed by atoms with Gasteiger partial charge >= 0.3 is 0 Å². The largest absolute Gasteiger partial charge is 0.491 e. The lowest BCUT2D eigenvalue weighted by Gasteiger charge is -2.15. The zero-order valence-electron chi connectivity index (χ0n) is 18.0. The second-order valence-corrected chi connectivity index (χ2v) is 7.79. The fraction of sp³-hybridized carbons (Fsp3) is 0.375. The maximum atomic E-state index is 12.3. The lowest BCUT2D eigenvalue weighted by molar-refractivity contribution is -0.120. The molecule has 0 aliphatic carbocycles. The van der Waals surface area contributed by atoms with Crippen molar-refractivity contribution in [1.82, 2.24) is 10.6 Å². The summed E-state index contributed by atoms with van der Waals surface area (Å²) >= 11 is 0. The average molecular weight is 424 g/mol. The quantitative estimate of drug-likeness (QED) is 0.649. The van der Waals surface area contributed by atoms with Crippen molar-refractivity contribution in [2.24, 2.45) is 0 Å². The van der Waals surface area contributed by atoms with E-state index in [1.54, 1.807) is 29.2 Å². The lowest BCUT2D eigenvalue weighted by Crippen LogP contribution is -2.37. The van der Waals surface area contributed by atoms with Gasteiger partial charge in [0.25, 0.3) is 5.91 Å². The molecule has 0 bridgehead atoms. The van der Waals surface area contributed by atoms with E-state index in [9.17, 15) is 14.4 Å². The molecule has 2 N–H and O–H groups in total. The first kappa shape index (κ1) is 22.3. The molecule has 7 nitrogen and oxygen atoms in total. The number of rotatable bonds is 9.